The molecule has 0 spiro atoms. The highest BCUT2D eigenvalue weighted by molar-refractivity contribution is 7.48. The predicted octanol–water partition coefficient (Wildman–Crippen LogP) is 5.40. The van der Waals surface area contributed by atoms with E-state index in [1.54, 1.807) is 0 Å². The quantitative estimate of drug-likeness (QED) is 0.307. The first-order valence-corrected chi connectivity index (χ1v) is 10.9. The Hall–Kier alpha value is -3.12. The summed E-state index contributed by atoms with van der Waals surface area (Å²) in [5, 5.41) is 0. The van der Waals surface area contributed by atoms with E-state index in [-0.39, 0.29) is 30.3 Å². The Kier molecular flexibility index (Phi) is 7.84. The second-order valence-corrected chi connectivity index (χ2v) is 8.01. The van der Waals surface area contributed by atoms with Crippen LogP contribution in [0.25, 0.3) is 0 Å². The predicted molar refractivity (Wildman–Crippen MR) is 115 cm³/mol. The lowest BCUT2D eigenvalue weighted by molar-refractivity contribution is 0.0600. The molecule has 0 aliphatic heterocycles. The van der Waals surface area contributed by atoms with Crippen molar-refractivity contribution in [3.8, 4) is 11.5 Å². The Labute approximate surface area is 181 Å². The minimum absolute atomic E-state index is 0.00587. The number of phosphoric ester groups is 1. The van der Waals surface area contributed by atoms with Crippen molar-refractivity contribution in [2.24, 2.45) is 0 Å². The van der Waals surface area contributed by atoms with Gasteiger partial charge in [0, 0.05) is 0 Å². The van der Waals surface area contributed by atoms with E-state index in [9.17, 15) is 9.36 Å². The summed E-state index contributed by atoms with van der Waals surface area (Å²) in [5.74, 6) is -0.271. The fourth-order valence-electron chi connectivity index (χ4n) is 2.66. The van der Waals surface area contributed by atoms with Crippen LogP contribution in [0.5, 0.6) is 11.5 Å². The first-order valence-electron chi connectivity index (χ1n) is 9.46. The summed E-state index contributed by atoms with van der Waals surface area (Å²) in [7, 11) is -1.40. The molecule has 3 aromatic rings. The van der Waals surface area contributed by atoms with Gasteiger partial charge in [-0.1, -0.05) is 60.7 Å². The molecule has 0 aliphatic rings. The fraction of sp³-hybridized carbons (Fsp3) is 0.174. The lowest BCUT2D eigenvalue weighted by atomic mass is 10.2. The van der Waals surface area contributed by atoms with Crippen molar-refractivity contribution in [1.82, 2.24) is 0 Å². The van der Waals surface area contributed by atoms with E-state index in [4.69, 9.17) is 23.0 Å². The summed E-state index contributed by atoms with van der Waals surface area (Å²) in [6, 6.07) is 22.9. The van der Waals surface area contributed by atoms with E-state index >= 15 is 0 Å². The molecule has 0 unspecified atom stereocenters. The number of ether oxygens (including phenoxy) is 2. The molecule has 0 aromatic heterocycles. The van der Waals surface area contributed by atoms with E-state index in [1.807, 2.05) is 60.7 Å². The SMILES string of the molecule is COC(=O)c1ccc(OC)c(OP(=O)(OCc2ccccc2)OCc2ccccc2)c1. The smallest absolute Gasteiger partial charge is 0.493 e. The molecule has 3 aromatic carbocycles. The van der Waals surface area contributed by atoms with Gasteiger partial charge in [-0.25, -0.2) is 9.36 Å². The molecule has 0 radical (unpaired) electrons. The van der Waals surface area contributed by atoms with Gasteiger partial charge in [-0.05, 0) is 29.3 Å². The van der Waals surface area contributed by atoms with E-state index in [2.05, 4.69) is 0 Å². The van der Waals surface area contributed by atoms with Gasteiger partial charge in [0.05, 0.1) is 33.0 Å². The van der Waals surface area contributed by atoms with Crippen LogP contribution in [0.4, 0.5) is 0 Å². The summed E-state index contributed by atoms with van der Waals surface area (Å²) in [6.45, 7) is 0.0117. The first kappa shape index (κ1) is 22.6. The zero-order chi connectivity index (χ0) is 22.1. The van der Waals surface area contributed by atoms with Crippen LogP contribution in [-0.4, -0.2) is 20.2 Å². The van der Waals surface area contributed by atoms with Crippen LogP contribution in [0, 0.1) is 0 Å². The van der Waals surface area contributed by atoms with Gasteiger partial charge in [-0.3, -0.25) is 9.05 Å². The van der Waals surface area contributed by atoms with E-state index in [0.717, 1.165) is 11.1 Å². The van der Waals surface area contributed by atoms with Crippen LogP contribution in [0.1, 0.15) is 21.5 Å². The highest BCUT2D eigenvalue weighted by Gasteiger charge is 2.31. The van der Waals surface area contributed by atoms with Gasteiger partial charge >= 0.3 is 13.8 Å². The van der Waals surface area contributed by atoms with Crippen molar-refractivity contribution >= 4 is 13.8 Å². The molecule has 0 amide bonds. The van der Waals surface area contributed by atoms with Crippen LogP contribution in [0.15, 0.2) is 78.9 Å². The van der Waals surface area contributed by atoms with Crippen LogP contribution < -0.4 is 9.26 Å². The minimum atomic E-state index is -4.10. The number of carbonyl (C=O) groups is 1. The summed E-state index contributed by atoms with van der Waals surface area (Å²) < 4.78 is 40.4. The summed E-state index contributed by atoms with van der Waals surface area (Å²) in [4.78, 5) is 11.9. The number of hydrogen-bond acceptors (Lipinski definition) is 7. The van der Waals surface area contributed by atoms with Crippen molar-refractivity contribution in [3.63, 3.8) is 0 Å². The van der Waals surface area contributed by atoms with Crippen molar-refractivity contribution in [2.75, 3.05) is 14.2 Å². The molecular formula is C23H23O7P. The van der Waals surface area contributed by atoms with Crippen LogP contribution in [0.3, 0.4) is 0 Å². The monoisotopic (exact) mass is 442 g/mol. The maximum atomic E-state index is 13.5. The largest absolute Gasteiger partial charge is 0.530 e. The Morgan fingerprint density at radius 2 is 1.32 bits per heavy atom. The minimum Gasteiger partial charge on any atom is -0.493 e. The fourth-order valence-corrected chi connectivity index (χ4v) is 3.84. The summed E-state index contributed by atoms with van der Waals surface area (Å²) >= 11 is 0. The van der Waals surface area contributed by atoms with Gasteiger partial charge in [0.25, 0.3) is 0 Å². The lowest BCUT2D eigenvalue weighted by Gasteiger charge is -2.20. The molecule has 0 aliphatic carbocycles. The second kappa shape index (κ2) is 10.8. The third-order valence-electron chi connectivity index (χ3n) is 4.26. The third-order valence-corrected chi connectivity index (χ3v) is 5.57. The molecule has 0 saturated carbocycles. The molecule has 3 rings (SSSR count). The molecule has 162 valence electrons. The van der Waals surface area contributed by atoms with Crippen molar-refractivity contribution in [3.05, 3.63) is 95.6 Å². The number of hydrogen-bond donors (Lipinski definition) is 0. The molecule has 0 fully saturated rings. The number of esters is 1. The standard InChI is InChI=1S/C23H23O7P/c1-26-21-14-13-20(23(24)27-2)15-22(21)30-31(25,28-16-18-9-5-3-6-10-18)29-17-19-11-7-4-8-12-19/h3-15H,16-17H2,1-2H3. The maximum absolute atomic E-state index is 13.5. The van der Waals surface area contributed by atoms with E-state index < -0.39 is 13.8 Å². The summed E-state index contributed by atoms with van der Waals surface area (Å²) in [6.07, 6.45) is 0. The number of phosphoric acid groups is 1. The second-order valence-electron chi connectivity index (χ2n) is 6.41. The normalized spacial score (nSPS) is 11.0. The average molecular weight is 442 g/mol. The van der Waals surface area contributed by atoms with Gasteiger partial charge in [0.1, 0.15) is 0 Å². The Balaban J connectivity index is 1.86. The number of methoxy groups -OCH3 is 2. The topological polar surface area (TPSA) is 80.3 Å². The van der Waals surface area contributed by atoms with E-state index in [0.29, 0.717) is 0 Å². The third kappa shape index (κ3) is 6.43. The number of rotatable bonds is 10. The van der Waals surface area contributed by atoms with Crippen LogP contribution >= 0.6 is 7.82 Å². The van der Waals surface area contributed by atoms with Crippen LogP contribution in [-0.2, 0) is 31.6 Å². The molecule has 0 atom stereocenters. The van der Waals surface area contributed by atoms with Crippen molar-refractivity contribution in [1.29, 1.82) is 0 Å². The molecule has 7 nitrogen and oxygen atoms in total. The highest BCUT2D eigenvalue weighted by atomic mass is 31.2. The molecule has 0 saturated heterocycles. The maximum Gasteiger partial charge on any atom is 0.530 e. The van der Waals surface area contributed by atoms with Gasteiger partial charge in [0.15, 0.2) is 11.5 Å². The van der Waals surface area contributed by atoms with E-state index in [1.165, 1.54) is 32.4 Å². The van der Waals surface area contributed by atoms with Gasteiger partial charge in [-0.2, -0.15) is 0 Å². The molecular weight excluding hydrogens is 419 g/mol. The van der Waals surface area contributed by atoms with Gasteiger partial charge in [0.2, 0.25) is 0 Å². The van der Waals surface area contributed by atoms with Gasteiger partial charge in [-0.15, -0.1) is 0 Å². The summed E-state index contributed by atoms with van der Waals surface area (Å²) in [5.41, 5.74) is 1.80. The molecule has 0 bridgehead atoms. The molecule has 8 heteroatoms. The van der Waals surface area contributed by atoms with Gasteiger partial charge < -0.3 is 14.0 Å². The van der Waals surface area contributed by atoms with Crippen molar-refractivity contribution in [2.45, 2.75) is 13.2 Å². The zero-order valence-electron chi connectivity index (χ0n) is 17.2. The molecule has 0 N–H and O–H groups in total. The van der Waals surface area contributed by atoms with Crippen LogP contribution in [0.2, 0.25) is 0 Å². The average Bonchev–Trinajstić information content (AvgIpc) is 2.82. The molecule has 31 heavy (non-hydrogen) atoms. The Bertz CT molecular complexity index is 991. The van der Waals surface area contributed by atoms with Crippen molar-refractivity contribution < 1.29 is 32.4 Å². The number of carbonyl (C=O) groups excluding carboxylic acids is 1. The first-order chi connectivity index (χ1) is 15.0. The molecule has 0 heterocycles. The Morgan fingerprint density at radius 1 is 0.774 bits per heavy atom. The highest BCUT2D eigenvalue weighted by Crippen LogP contribution is 2.52. The Morgan fingerprint density at radius 3 is 1.81 bits per heavy atom. The zero-order valence-corrected chi connectivity index (χ0v) is 18.1. The lowest BCUT2D eigenvalue weighted by Crippen LogP contribution is -2.06. The number of benzene rings is 3.